The summed E-state index contributed by atoms with van der Waals surface area (Å²) in [4.78, 5) is 42.8. The first kappa shape index (κ1) is 32.8. The molecule has 5 N–H and O–H groups in total. The summed E-state index contributed by atoms with van der Waals surface area (Å²) in [5.41, 5.74) is 6.22. The maximum absolute atomic E-state index is 14.1. The lowest BCUT2D eigenvalue weighted by atomic mass is 9.85. The third-order valence-corrected chi connectivity index (χ3v) is 9.66. The van der Waals surface area contributed by atoms with Crippen LogP contribution in [0.15, 0.2) is 84.0 Å². The highest BCUT2D eigenvalue weighted by Crippen LogP contribution is 2.30. The molecular weight excluding hydrogens is 612 g/mol. The fourth-order valence-corrected chi connectivity index (χ4v) is 6.55. The molecule has 0 unspecified atom stereocenters. The number of nitrogens with zero attached hydrogens (tertiary/aromatic N) is 3. The average molecular weight is 649 g/mol. The molecule has 0 bridgehead atoms. The lowest BCUT2D eigenvalue weighted by Crippen LogP contribution is -2.57. The van der Waals surface area contributed by atoms with E-state index in [1.54, 1.807) is 12.1 Å². The van der Waals surface area contributed by atoms with Gasteiger partial charge in [0.2, 0.25) is 10.0 Å². The second-order valence-electron chi connectivity index (χ2n) is 11.3. The van der Waals surface area contributed by atoms with Crippen molar-refractivity contribution < 1.29 is 32.7 Å². The summed E-state index contributed by atoms with van der Waals surface area (Å²) in [6, 6.07) is 21.4. The van der Waals surface area contributed by atoms with E-state index in [0.717, 1.165) is 5.56 Å². The summed E-state index contributed by atoms with van der Waals surface area (Å²) in [5.74, 6) is -1.67. The molecule has 242 valence electrons. The van der Waals surface area contributed by atoms with Crippen LogP contribution < -0.4 is 16.4 Å². The van der Waals surface area contributed by atoms with Crippen LogP contribution >= 0.6 is 0 Å². The molecule has 0 radical (unpaired) electrons. The second kappa shape index (κ2) is 13.8. The summed E-state index contributed by atoms with van der Waals surface area (Å²) < 4.78 is 30.8. The van der Waals surface area contributed by atoms with E-state index < -0.39 is 33.2 Å². The number of esters is 1. The number of rotatable bonds is 10. The predicted molar refractivity (Wildman–Crippen MR) is 171 cm³/mol. The molecule has 0 aliphatic carbocycles. The number of benzene rings is 3. The van der Waals surface area contributed by atoms with Gasteiger partial charge in [-0.25, -0.2) is 13.2 Å². The molecule has 46 heavy (non-hydrogen) atoms. The zero-order valence-corrected chi connectivity index (χ0v) is 26.1. The summed E-state index contributed by atoms with van der Waals surface area (Å²) in [6.45, 7) is 2.00. The average Bonchev–Trinajstić information content (AvgIpc) is 3.54. The van der Waals surface area contributed by atoms with Crippen LogP contribution in [0.1, 0.15) is 38.3 Å². The van der Waals surface area contributed by atoms with E-state index >= 15 is 0 Å². The predicted octanol–water partition coefficient (Wildman–Crippen LogP) is 1.64. The first-order valence-corrected chi connectivity index (χ1v) is 16.5. The molecule has 0 saturated carbocycles. The third-order valence-electron chi connectivity index (χ3n) is 8.36. The zero-order valence-electron chi connectivity index (χ0n) is 25.3. The van der Waals surface area contributed by atoms with Gasteiger partial charge < -0.3 is 21.0 Å². The van der Waals surface area contributed by atoms with Crippen molar-refractivity contribution in [1.82, 2.24) is 14.5 Å². The number of hydrogen-bond acceptors (Lipinski definition) is 10. The van der Waals surface area contributed by atoms with Crippen molar-refractivity contribution in [3.8, 4) is 0 Å². The molecule has 2 heterocycles. The smallest absolute Gasteiger partial charge is 0.338 e. The summed E-state index contributed by atoms with van der Waals surface area (Å²) in [7, 11) is -3.32. The zero-order chi connectivity index (χ0) is 32.9. The molecule has 13 nitrogen and oxygen atoms in total. The van der Waals surface area contributed by atoms with Crippen LogP contribution in [-0.4, -0.2) is 96.9 Å². The number of hydrogen-bond donors (Lipinski definition) is 4. The maximum atomic E-state index is 14.1. The van der Waals surface area contributed by atoms with Crippen LogP contribution in [0.2, 0.25) is 0 Å². The van der Waals surface area contributed by atoms with Gasteiger partial charge in [0.15, 0.2) is 17.2 Å². The Morgan fingerprint density at radius 2 is 1.57 bits per heavy atom. The Bertz CT molecular complexity index is 1710. The minimum atomic E-state index is -3.32. The molecule has 2 fully saturated rings. The Morgan fingerprint density at radius 3 is 2.17 bits per heavy atom. The van der Waals surface area contributed by atoms with E-state index in [-0.39, 0.29) is 30.5 Å². The van der Waals surface area contributed by atoms with Crippen LogP contribution in [0, 0.1) is 0 Å². The van der Waals surface area contributed by atoms with E-state index in [0.29, 0.717) is 49.5 Å². The lowest BCUT2D eigenvalue weighted by Gasteiger charge is -2.37. The van der Waals surface area contributed by atoms with Gasteiger partial charge in [-0.2, -0.15) is 4.31 Å². The van der Waals surface area contributed by atoms with E-state index in [1.807, 2.05) is 30.3 Å². The van der Waals surface area contributed by atoms with Gasteiger partial charge in [-0.15, -0.1) is 0 Å². The molecule has 2 atom stereocenters. The minimum Gasteiger partial charge on any atom is -0.457 e. The molecule has 0 aromatic heterocycles. The van der Waals surface area contributed by atoms with Crippen molar-refractivity contribution in [2.24, 2.45) is 10.9 Å². The Hall–Kier alpha value is -4.63. The topological polar surface area (TPSA) is 184 Å². The number of piperazine rings is 1. The lowest BCUT2D eigenvalue weighted by molar-refractivity contribution is -0.120. The fourth-order valence-electron chi connectivity index (χ4n) is 5.73. The summed E-state index contributed by atoms with van der Waals surface area (Å²) >= 11 is 0. The highest BCUT2D eigenvalue weighted by atomic mass is 32.2. The minimum absolute atomic E-state index is 0.119. The second-order valence-corrected chi connectivity index (χ2v) is 13.3. The number of Topliss-reactive ketones (excluding diaryl/α,β-unsaturated/α-hetero) is 1. The largest absolute Gasteiger partial charge is 0.457 e. The van der Waals surface area contributed by atoms with Gasteiger partial charge in [-0.1, -0.05) is 59.8 Å². The number of sulfonamides is 1. The molecule has 3 aromatic carbocycles. The molecular formula is C32H36N6O7S. The number of amides is 1. The number of nitrogens with one attached hydrogen (secondary N) is 2. The van der Waals surface area contributed by atoms with E-state index in [9.17, 15) is 22.8 Å². The number of oxime groups is 1. The number of nitrogens with two attached hydrogens (primary N) is 1. The van der Waals surface area contributed by atoms with Gasteiger partial charge in [-0.05, 0) is 36.2 Å². The fraction of sp³-hybridized carbons (Fsp3) is 0.312. The Labute approximate surface area is 267 Å². The third kappa shape index (κ3) is 7.26. The van der Waals surface area contributed by atoms with Gasteiger partial charge >= 0.3 is 5.97 Å². The first-order valence-electron chi connectivity index (χ1n) is 14.7. The molecule has 2 aliphatic rings. The van der Waals surface area contributed by atoms with Crippen molar-refractivity contribution >= 4 is 39.2 Å². The van der Waals surface area contributed by atoms with Gasteiger partial charge in [-0.3, -0.25) is 19.8 Å². The number of amidine groups is 1. The first-order chi connectivity index (χ1) is 22.0. The van der Waals surface area contributed by atoms with Crippen molar-refractivity contribution in [2.75, 3.05) is 44.3 Å². The van der Waals surface area contributed by atoms with Crippen LogP contribution in [0.4, 0.5) is 5.69 Å². The van der Waals surface area contributed by atoms with Crippen molar-refractivity contribution in [1.29, 1.82) is 0 Å². The van der Waals surface area contributed by atoms with Gasteiger partial charge in [0.1, 0.15) is 6.61 Å². The van der Waals surface area contributed by atoms with Gasteiger partial charge in [0.05, 0.1) is 11.8 Å². The number of carbonyl (C=O) groups is 3. The van der Waals surface area contributed by atoms with Gasteiger partial charge in [0.25, 0.3) is 5.91 Å². The van der Waals surface area contributed by atoms with Crippen LogP contribution in [0.5, 0.6) is 0 Å². The Kier molecular flexibility index (Phi) is 9.82. The molecule has 5 rings (SSSR count). The molecule has 0 spiro atoms. The van der Waals surface area contributed by atoms with Crippen LogP contribution in [0.3, 0.4) is 0 Å². The molecule has 1 amide bonds. The van der Waals surface area contributed by atoms with Crippen molar-refractivity contribution in [2.45, 2.75) is 24.6 Å². The van der Waals surface area contributed by atoms with Crippen molar-refractivity contribution in [3.63, 3.8) is 0 Å². The van der Waals surface area contributed by atoms with Crippen LogP contribution in [-0.2, 0) is 26.2 Å². The standard InChI is InChI=1S/C32H36N6O7S/c1-46(43,44)38-17-15-37(16-18-38)27-19-32(34-20-27,28(39)23-7-9-24(10-8-23)29(33)36-42)31(41)35-26-13-11-25(12-14-26)30(40)45-21-22-5-3-2-4-6-22/h2-14,27,34,42H,15-21H2,1H3,(H2,33,36)(H,35,41)/t27-,32-/m0/s1. The van der Waals surface area contributed by atoms with Crippen LogP contribution in [0.25, 0.3) is 0 Å². The van der Waals surface area contributed by atoms with E-state index in [2.05, 4.69) is 20.7 Å². The van der Waals surface area contributed by atoms with E-state index in [4.69, 9.17) is 15.7 Å². The monoisotopic (exact) mass is 648 g/mol. The number of ketones is 1. The molecule has 2 saturated heterocycles. The Morgan fingerprint density at radius 1 is 0.957 bits per heavy atom. The normalized spacial score (nSPS) is 21.1. The number of anilines is 1. The molecule has 2 aliphatic heterocycles. The maximum Gasteiger partial charge on any atom is 0.338 e. The van der Waals surface area contributed by atoms with E-state index in [1.165, 1.54) is 47.0 Å². The highest BCUT2D eigenvalue weighted by molar-refractivity contribution is 7.88. The van der Waals surface area contributed by atoms with Gasteiger partial charge in [0, 0.05) is 55.6 Å². The summed E-state index contributed by atoms with van der Waals surface area (Å²) in [6.07, 6.45) is 1.32. The molecule has 14 heteroatoms. The number of ether oxygens (including phenoxy) is 1. The Balaban J connectivity index is 1.33. The van der Waals surface area contributed by atoms with Crippen molar-refractivity contribution in [3.05, 3.63) is 101 Å². The quantitative estimate of drug-likeness (QED) is 0.0480. The molecule has 3 aromatic rings. The summed E-state index contributed by atoms with van der Waals surface area (Å²) in [5, 5.41) is 18.0. The highest BCUT2D eigenvalue weighted by Gasteiger charge is 2.52. The number of carbonyl (C=O) groups excluding carboxylic acids is 3. The SMILES string of the molecule is CS(=O)(=O)N1CCN([C@@H]2CN[C@](C(=O)Nc3ccc(C(=O)OCc4ccccc4)cc3)(C(=O)c3ccc(C(N)=NO)cc3)C2)CC1.